The Morgan fingerprint density at radius 3 is 2.91 bits per heavy atom. The van der Waals surface area contributed by atoms with Crippen LogP contribution in [0, 0.1) is 0 Å². The fraction of sp³-hybridized carbons (Fsp3) is 0.312. The van der Waals surface area contributed by atoms with Gasteiger partial charge in [0, 0.05) is 27.4 Å². The summed E-state index contributed by atoms with van der Waals surface area (Å²) < 4.78 is 10.8. The Kier molecular flexibility index (Phi) is 5.87. The number of fused-ring (bicyclic) bond motifs is 1. The molecule has 0 amide bonds. The number of ether oxygens (including phenoxy) is 2. The molecule has 0 aliphatic rings. The summed E-state index contributed by atoms with van der Waals surface area (Å²) in [6.45, 7) is 0.523. The van der Waals surface area contributed by atoms with Gasteiger partial charge in [-0.05, 0) is 24.1 Å². The van der Waals surface area contributed by atoms with E-state index in [-0.39, 0.29) is 5.75 Å². The Balaban J connectivity index is 2.41. The number of benzene rings is 1. The van der Waals surface area contributed by atoms with Gasteiger partial charge in [0.05, 0.1) is 23.7 Å². The summed E-state index contributed by atoms with van der Waals surface area (Å²) >= 11 is 0. The highest BCUT2D eigenvalue weighted by atomic mass is 16.5. The lowest BCUT2D eigenvalue weighted by Crippen LogP contribution is -2.05. The van der Waals surface area contributed by atoms with Crippen molar-refractivity contribution in [2.75, 3.05) is 27.8 Å². The minimum Gasteiger partial charge on any atom is -0.508 e. The number of rotatable bonds is 7. The average Bonchev–Trinajstić information content (AvgIpc) is 2.54. The van der Waals surface area contributed by atoms with E-state index in [4.69, 9.17) is 9.47 Å². The molecular formula is C16H20N4O3. The number of hydrogen-bond donors (Lipinski definition) is 2. The van der Waals surface area contributed by atoms with Crippen LogP contribution in [0.4, 0.5) is 0 Å². The lowest BCUT2D eigenvalue weighted by Gasteiger charge is -2.10. The number of methoxy groups -OCH3 is 1. The first-order valence-corrected chi connectivity index (χ1v) is 7.12. The molecule has 2 aromatic rings. The summed E-state index contributed by atoms with van der Waals surface area (Å²) in [6.07, 6.45) is 5.26. The predicted molar refractivity (Wildman–Crippen MR) is 89.0 cm³/mol. The van der Waals surface area contributed by atoms with Crippen molar-refractivity contribution in [3.05, 3.63) is 36.0 Å². The van der Waals surface area contributed by atoms with Crippen molar-refractivity contribution in [2.45, 2.75) is 6.42 Å². The average molecular weight is 316 g/mol. The van der Waals surface area contributed by atoms with E-state index in [1.54, 1.807) is 39.7 Å². The fourth-order valence-electron chi connectivity index (χ4n) is 2.08. The Morgan fingerprint density at radius 2 is 2.22 bits per heavy atom. The standard InChI is InChI=1S/C16H20N4O3/c1-17-8-12(9-18-2)23-16-13-7-15(21)11(4-5-22-3)6-14(13)19-10-20-16/h6-10,17,21H,4-5H2,1-3H3/b12-8+,18-9-. The molecule has 0 saturated heterocycles. The van der Waals surface area contributed by atoms with Gasteiger partial charge in [-0.2, -0.15) is 0 Å². The summed E-state index contributed by atoms with van der Waals surface area (Å²) in [5.74, 6) is 1.01. The molecule has 23 heavy (non-hydrogen) atoms. The third-order valence-electron chi connectivity index (χ3n) is 3.13. The number of aliphatic imine (C=N–C) groups is 1. The summed E-state index contributed by atoms with van der Waals surface area (Å²) in [4.78, 5) is 12.3. The first-order valence-electron chi connectivity index (χ1n) is 7.12. The molecule has 0 fully saturated rings. The minimum atomic E-state index is 0.164. The molecule has 1 heterocycles. The minimum absolute atomic E-state index is 0.164. The van der Waals surface area contributed by atoms with Gasteiger partial charge in [0.1, 0.15) is 12.1 Å². The molecule has 0 bridgehead atoms. The van der Waals surface area contributed by atoms with Crippen molar-refractivity contribution in [1.82, 2.24) is 15.3 Å². The number of aromatic nitrogens is 2. The van der Waals surface area contributed by atoms with Crippen LogP contribution in [0.1, 0.15) is 5.56 Å². The molecule has 0 unspecified atom stereocenters. The van der Waals surface area contributed by atoms with E-state index >= 15 is 0 Å². The number of allylic oxidation sites excluding steroid dienone is 1. The van der Waals surface area contributed by atoms with Gasteiger partial charge in [0.2, 0.25) is 5.88 Å². The molecule has 7 heteroatoms. The molecule has 0 saturated carbocycles. The SMILES string of the molecule is C/N=C\C(=C/NC)Oc1ncnc2cc(CCOC)c(O)cc12. The molecule has 0 spiro atoms. The van der Waals surface area contributed by atoms with Gasteiger partial charge in [-0.25, -0.2) is 9.97 Å². The van der Waals surface area contributed by atoms with Gasteiger partial charge in [0.15, 0.2) is 5.76 Å². The highest BCUT2D eigenvalue weighted by Gasteiger charge is 2.11. The number of nitrogens with zero attached hydrogens (tertiary/aromatic N) is 3. The maximum atomic E-state index is 10.2. The van der Waals surface area contributed by atoms with Crippen molar-refractivity contribution in [2.24, 2.45) is 4.99 Å². The van der Waals surface area contributed by atoms with E-state index in [2.05, 4.69) is 20.3 Å². The van der Waals surface area contributed by atoms with Crippen LogP contribution in [0.2, 0.25) is 0 Å². The summed E-state index contributed by atoms with van der Waals surface area (Å²) in [6, 6.07) is 3.42. The van der Waals surface area contributed by atoms with Crippen LogP contribution >= 0.6 is 0 Å². The first-order chi connectivity index (χ1) is 11.2. The first kappa shape index (κ1) is 16.7. The van der Waals surface area contributed by atoms with E-state index in [1.165, 1.54) is 6.33 Å². The number of nitrogens with one attached hydrogen (secondary N) is 1. The highest BCUT2D eigenvalue weighted by molar-refractivity contribution is 5.86. The molecule has 1 aromatic carbocycles. The summed E-state index contributed by atoms with van der Waals surface area (Å²) in [7, 11) is 5.04. The monoisotopic (exact) mass is 316 g/mol. The van der Waals surface area contributed by atoms with E-state index < -0.39 is 0 Å². The smallest absolute Gasteiger partial charge is 0.230 e. The molecule has 2 N–H and O–H groups in total. The normalized spacial score (nSPS) is 12.0. The second-order valence-corrected chi connectivity index (χ2v) is 4.74. The number of phenols is 1. The molecule has 1 aromatic heterocycles. The largest absolute Gasteiger partial charge is 0.508 e. The lowest BCUT2D eigenvalue weighted by molar-refractivity contribution is 0.201. The van der Waals surface area contributed by atoms with Crippen LogP contribution in [0.25, 0.3) is 10.9 Å². The van der Waals surface area contributed by atoms with E-state index in [0.717, 1.165) is 5.56 Å². The molecule has 122 valence electrons. The topological polar surface area (TPSA) is 88.9 Å². The molecule has 0 aliphatic carbocycles. The third-order valence-corrected chi connectivity index (χ3v) is 3.13. The van der Waals surface area contributed by atoms with Gasteiger partial charge in [-0.1, -0.05) is 0 Å². The quantitative estimate of drug-likeness (QED) is 0.596. The van der Waals surface area contributed by atoms with Crippen molar-refractivity contribution in [3.8, 4) is 11.6 Å². The molecule has 0 atom stereocenters. The Hall–Kier alpha value is -2.67. The van der Waals surface area contributed by atoms with Crippen molar-refractivity contribution in [3.63, 3.8) is 0 Å². The van der Waals surface area contributed by atoms with Crippen molar-refractivity contribution in [1.29, 1.82) is 0 Å². The molecule has 0 radical (unpaired) electrons. The van der Waals surface area contributed by atoms with Crippen LogP contribution in [-0.2, 0) is 11.2 Å². The van der Waals surface area contributed by atoms with Crippen molar-refractivity contribution < 1.29 is 14.6 Å². The van der Waals surface area contributed by atoms with Crippen LogP contribution in [0.3, 0.4) is 0 Å². The Bertz CT molecular complexity index is 729. The zero-order valence-electron chi connectivity index (χ0n) is 13.4. The number of hydrogen-bond acceptors (Lipinski definition) is 7. The van der Waals surface area contributed by atoms with Gasteiger partial charge in [-0.3, -0.25) is 4.99 Å². The second-order valence-electron chi connectivity index (χ2n) is 4.74. The highest BCUT2D eigenvalue weighted by Crippen LogP contribution is 2.29. The van der Waals surface area contributed by atoms with Crippen LogP contribution in [-0.4, -0.2) is 49.1 Å². The van der Waals surface area contributed by atoms with Gasteiger partial charge < -0.3 is 19.9 Å². The molecule has 0 aliphatic heterocycles. The number of phenolic OH excluding ortho intramolecular Hbond substituents is 1. The third kappa shape index (κ3) is 4.17. The number of aromatic hydroxyl groups is 1. The van der Waals surface area contributed by atoms with E-state index in [9.17, 15) is 5.11 Å². The van der Waals surface area contributed by atoms with E-state index in [1.807, 2.05) is 6.07 Å². The lowest BCUT2D eigenvalue weighted by atomic mass is 10.1. The van der Waals surface area contributed by atoms with Crippen LogP contribution < -0.4 is 10.1 Å². The van der Waals surface area contributed by atoms with Gasteiger partial charge >= 0.3 is 0 Å². The molecule has 2 rings (SSSR count). The zero-order valence-corrected chi connectivity index (χ0v) is 13.4. The molecular weight excluding hydrogens is 296 g/mol. The zero-order chi connectivity index (χ0) is 16.7. The molecule has 7 nitrogen and oxygen atoms in total. The predicted octanol–water partition coefficient (Wildman–Crippen LogP) is 1.66. The van der Waals surface area contributed by atoms with Gasteiger partial charge in [0.25, 0.3) is 0 Å². The van der Waals surface area contributed by atoms with Crippen LogP contribution in [0.15, 0.2) is 35.4 Å². The Labute approximate surface area is 134 Å². The van der Waals surface area contributed by atoms with Gasteiger partial charge in [-0.15, -0.1) is 0 Å². The summed E-state index contributed by atoms with van der Waals surface area (Å²) in [5, 5.41) is 13.7. The maximum absolute atomic E-state index is 10.2. The van der Waals surface area contributed by atoms with E-state index in [0.29, 0.717) is 35.6 Å². The maximum Gasteiger partial charge on any atom is 0.230 e. The fourth-order valence-corrected chi connectivity index (χ4v) is 2.08. The Morgan fingerprint density at radius 1 is 1.39 bits per heavy atom. The second kappa shape index (κ2) is 8.09. The summed E-state index contributed by atoms with van der Waals surface area (Å²) in [5.41, 5.74) is 1.46. The van der Waals surface area contributed by atoms with Crippen molar-refractivity contribution >= 4 is 17.1 Å². The van der Waals surface area contributed by atoms with Crippen LogP contribution in [0.5, 0.6) is 11.6 Å².